The van der Waals surface area contributed by atoms with Crippen molar-refractivity contribution in [3.8, 4) is 0 Å². The Bertz CT molecular complexity index is 524. The second-order valence-electron chi connectivity index (χ2n) is 5.48. The van der Waals surface area contributed by atoms with Crippen molar-refractivity contribution in [2.24, 2.45) is 0 Å². The molecule has 20 heavy (non-hydrogen) atoms. The van der Waals surface area contributed by atoms with Gasteiger partial charge in [-0.05, 0) is 37.8 Å². The average Bonchev–Trinajstić information content (AvgIpc) is 2.41. The molecule has 2 rings (SSSR count). The van der Waals surface area contributed by atoms with E-state index in [-0.39, 0.29) is 23.9 Å². The molecule has 1 aromatic carbocycles. The molecule has 0 unspecified atom stereocenters. The number of aryl methyl sites for hydroxylation is 1. The summed E-state index contributed by atoms with van der Waals surface area (Å²) in [6, 6.07) is 6.49. The molecule has 5 heteroatoms. The van der Waals surface area contributed by atoms with Crippen LogP contribution in [0.2, 0.25) is 0 Å². The molecule has 2 atom stereocenters. The minimum absolute atomic E-state index is 0.157. The molecular formula is C15H19NO4. The minimum Gasteiger partial charge on any atom is -0.478 e. The number of nitrogens with one attached hydrogen (secondary N) is 1. The lowest BCUT2D eigenvalue weighted by Crippen LogP contribution is -2.58. The van der Waals surface area contributed by atoms with Crippen LogP contribution in [-0.4, -0.2) is 33.7 Å². The Morgan fingerprint density at radius 2 is 2.10 bits per heavy atom. The van der Waals surface area contributed by atoms with Crippen LogP contribution in [0.5, 0.6) is 0 Å². The molecule has 3 N–H and O–H groups in total. The average molecular weight is 277 g/mol. The Kier molecular flexibility index (Phi) is 4.09. The van der Waals surface area contributed by atoms with Crippen molar-refractivity contribution in [3.05, 3.63) is 35.4 Å². The highest BCUT2D eigenvalue weighted by Gasteiger charge is 2.41. The number of benzene rings is 1. The van der Waals surface area contributed by atoms with Gasteiger partial charge in [-0.25, -0.2) is 4.79 Å². The van der Waals surface area contributed by atoms with E-state index in [9.17, 15) is 14.7 Å². The first-order valence-electron chi connectivity index (χ1n) is 6.73. The molecule has 108 valence electrons. The fourth-order valence-corrected chi connectivity index (χ4v) is 2.40. The standard InChI is InChI=1S/C15H19NO4/c1-15(20)9-8-12(15)16-13(17)7-6-10-4-2-3-5-11(10)14(18)19/h2-5,12,20H,6-9H2,1H3,(H,16,17)(H,18,19)/t12-,15-/m1/s1. The van der Waals surface area contributed by atoms with Crippen molar-refractivity contribution in [1.29, 1.82) is 0 Å². The highest BCUT2D eigenvalue weighted by molar-refractivity contribution is 5.89. The topological polar surface area (TPSA) is 86.6 Å². The largest absolute Gasteiger partial charge is 0.478 e. The van der Waals surface area contributed by atoms with Crippen LogP contribution in [0.3, 0.4) is 0 Å². The van der Waals surface area contributed by atoms with Gasteiger partial charge in [0.15, 0.2) is 0 Å². The molecule has 5 nitrogen and oxygen atoms in total. The molecule has 1 aliphatic rings. The quantitative estimate of drug-likeness (QED) is 0.758. The number of carbonyl (C=O) groups excluding carboxylic acids is 1. The molecule has 0 saturated heterocycles. The number of aromatic carboxylic acids is 1. The summed E-state index contributed by atoms with van der Waals surface area (Å²) in [6.45, 7) is 1.71. The predicted octanol–water partition coefficient (Wildman–Crippen LogP) is 1.35. The van der Waals surface area contributed by atoms with Crippen LogP contribution in [0.4, 0.5) is 0 Å². The normalized spacial score (nSPS) is 24.8. The molecule has 1 fully saturated rings. The van der Waals surface area contributed by atoms with Gasteiger partial charge in [-0.1, -0.05) is 18.2 Å². The zero-order valence-corrected chi connectivity index (χ0v) is 11.4. The van der Waals surface area contributed by atoms with Crippen LogP contribution in [0.15, 0.2) is 24.3 Å². The molecule has 0 aromatic heterocycles. The van der Waals surface area contributed by atoms with Crippen molar-refractivity contribution in [2.45, 2.75) is 44.2 Å². The summed E-state index contributed by atoms with van der Waals surface area (Å²) in [6.07, 6.45) is 2.07. The lowest BCUT2D eigenvalue weighted by Gasteiger charge is -2.43. The number of hydrogen-bond acceptors (Lipinski definition) is 3. The first-order chi connectivity index (χ1) is 9.40. The first-order valence-corrected chi connectivity index (χ1v) is 6.73. The van der Waals surface area contributed by atoms with E-state index in [0.29, 0.717) is 18.4 Å². The number of carboxylic acids is 1. The molecule has 1 amide bonds. The second kappa shape index (κ2) is 5.63. The van der Waals surface area contributed by atoms with Gasteiger partial charge in [0.1, 0.15) is 0 Å². The molecule has 0 bridgehead atoms. The number of amides is 1. The van der Waals surface area contributed by atoms with E-state index in [1.165, 1.54) is 6.07 Å². The molecule has 1 aromatic rings. The third-order valence-electron chi connectivity index (χ3n) is 3.89. The zero-order chi connectivity index (χ0) is 14.8. The summed E-state index contributed by atoms with van der Waals surface area (Å²) < 4.78 is 0. The fourth-order valence-electron chi connectivity index (χ4n) is 2.40. The fraction of sp³-hybridized carbons (Fsp3) is 0.467. The summed E-state index contributed by atoms with van der Waals surface area (Å²) in [7, 11) is 0. The van der Waals surface area contributed by atoms with Gasteiger partial charge >= 0.3 is 5.97 Å². The van der Waals surface area contributed by atoms with Gasteiger partial charge in [0.2, 0.25) is 5.91 Å². The first kappa shape index (κ1) is 14.5. The highest BCUT2D eigenvalue weighted by atomic mass is 16.4. The number of carboxylic acid groups (broad SMARTS) is 1. The smallest absolute Gasteiger partial charge is 0.335 e. The maximum Gasteiger partial charge on any atom is 0.335 e. The number of aliphatic hydroxyl groups is 1. The van der Waals surface area contributed by atoms with Crippen LogP contribution >= 0.6 is 0 Å². The molecule has 0 aliphatic heterocycles. The van der Waals surface area contributed by atoms with Crippen LogP contribution in [0, 0.1) is 0 Å². The second-order valence-corrected chi connectivity index (χ2v) is 5.48. The van der Waals surface area contributed by atoms with E-state index < -0.39 is 11.6 Å². The van der Waals surface area contributed by atoms with Crippen molar-refractivity contribution >= 4 is 11.9 Å². The van der Waals surface area contributed by atoms with Gasteiger partial charge in [0.05, 0.1) is 17.2 Å². The van der Waals surface area contributed by atoms with Gasteiger partial charge in [-0.2, -0.15) is 0 Å². The molecule has 0 spiro atoms. The molecule has 1 aliphatic carbocycles. The van der Waals surface area contributed by atoms with Gasteiger partial charge in [-0.15, -0.1) is 0 Å². The lowest BCUT2D eigenvalue weighted by molar-refractivity contribution is -0.127. The lowest BCUT2D eigenvalue weighted by atomic mass is 9.76. The Balaban J connectivity index is 1.89. The van der Waals surface area contributed by atoms with Crippen LogP contribution in [-0.2, 0) is 11.2 Å². The van der Waals surface area contributed by atoms with Crippen LogP contribution in [0.25, 0.3) is 0 Å². The van der Waals surface area contributed by atoms with Crippen LogP contribution in [0.1, 0.15) is 42.1 Å². The molecule has 1 saturated carbocycles. The Labute approximate surface area is 117 Å². The highest BCUT2D eigenvalue weighted by Crippen LogP contribution is 2.31. The summed E-state index contributed by atoms with van der Waals surface area (Å²) in [5.41, 5.74) is 0.0701. The van der Waals surface area contributed by atoms with E-state index in [0.717, 1.165) is 6.42 Å². The Hall–Kier alpha value is -1.88. The number of carbonyl (C=O) groups is 2. The molecular weight excluding hydrogens is 258 g/mol. The van der Waals surface area contributed by atoms with E-state index in [2.05, 4.69) is 5.32 Å². The van der Waals surface area contributed by atoms with Crippen molar-refractivity contribution in [3.63, 3.8) is 0 Å². The van der Waals surface area contributed by atoms with Crippen molar-refractivity contribution in [1.82, 2.24) is 5.32 Å². The monoisotopic (exact) mass is 277 g/mol. The number of rotatable bonds is 5. The Morgan fingerprint density at radius 1 is 1.40 bits per heavy atom. The minimum atomic E-state index is -0.983. The Morgan fingerprint density at radius 3 is 2.65 bits per heavy atom. The van der Waals surface area contributed by atoms with Gasteiger partial charge in [0.25, 0.3) is 0 Å². The summed E-state index contributed by atoms with van der Waals surface area (Å²) >= 11 is 0. The third-order valence-corrected chi connectivity index (χ3v) is 3.89. The van der Waals surface area contributed by atoms with E-state index in [4.69, 9.17) is 5.11 Å². The van der Waals surface area contributed by atoms with E-state index in [1.54, 1.807) is 25.1 Å². The summed E-state index contributed by atoms with van der Waals surface area (Å²) in [5, 5.41) is 21.7. The SMILES string of the molecule is C[C@@]1(O)CC[C@H]1NC(=O)CCc1ccccc1C(=O)O. The maximum atomic E-state index is 11.8. The van der Waals surface area contributed by atoms with Crippen molar-refractivity contribution in [2.75, 3.05) is 0 Å². The van der Waals surface area contributed by atoms with E-state index >= 15 is 0 Å². The van der Waals surface area contributed by atoms with Gasteiger partial charge < -0.3 is 15.5 Å². The zero-order valence-electron chi connectivity index (χ0n) is 11.4. The summed E-state index contributed by atoms with van der Waals surface area (Å²) in [5.74, 6) is -1.14. The maximum absolute atomic E-state index is 11.8. The van der Waals surface area contributed by atoms with Gasteiger partial charge in [0, 0.05) is 6.42 Å². The number of hydrogen-bond donors (Lipinski definition) is 3. The predicted molar refractivity (Wildman–Crippen MR) is 73.5 cm³/mol. The van der Waals surface area contributed by atoms with Crippen molar-refractivity contribution < 1.29 is 19.8 Å². The van der Waals surface area contributed by atoms with E-state index in [1.807, 2.05) is 0 Å². The van der Waals surface area contributed by atoms with Gasteiger partial charge in [-0.3, -0.25) is 4.79 Å². The molecule has 0 radical (unpaired) electrons. The van der Waals surface area contributed by atoms with Crippen LogP contribution < -0.4 is 5.32 Å². The third kappa shape index (κ3) is 3.17. The summed E-state index contributed by atoms with van der Waals surface area (Å²) in [4.78, 5) is 22.9. The molecule has 0 heterocycles.